The van der Waals surface area contributed by atoms with Crippen LogP contribution in [0.1, 0.15) is 23.0 Å². The maximum atomic E-state index is 12.6. The molecule has 0 aliphatic carbocycles. The van der Waals surface area contributed by atoms with Crippen molar-refractivity contribution in [3.05, 3.63) is 58.2 Å². The number of esters is 1. The van der Waals surface area contributed by atoms with Gasteiger partial charge in [-0.25, -0.2) is 4.79 Å². The van der Waals surface area contributed by atoms with E-state index in [9.17, 15) is 9.59 Å². The lowest BCUT2D eigenvalue weighted by Gasteiger charge is -2.09. The second-order valence-corrected chi connectivity index (χ2v) is 6.84. The number of nitrogens with two attached hydrogens (primary N) is 1. The van der Waals surface area contributed by atoms with Gasteiger partial charge in [0.1, 0.15) is 5.75 Å². The fourth-order valence-electron chi connectivity index (χ4n) is 3.03. The van der Waals surface area contributed by atoms with Crippen LogP contribution in [-0.4, -0.2) is 29.7 Å². The molecule has 0 saturated carbocycles. The largest absolute Gasteiger partial charge is 0.484 e. The number of amides is 1. The molecule has 0 unspecified atom stereocenters. The molecule has 0 bridgehead atoms. The summed E-state index contributed by atoms with van der Waals surface area (Å²) in [5.74, 6) is -0.507. The Morgan fingerprint density at radius 2 is 1.85 bits per heavy atom. The van der Waals surface area contributed by atoms with E-state index in [1.165, 1.54) is 0 Å². The van der Waals surface area contributed by atoms with Crippen molar-refractivity contribution in [1.29, 1.82) is 0 Å². The number of carbonyl (C=O) groups is 2. The van der Waals surface area contributed by atoms with E-state index in [0.717, 1.165) is 21.4 Å². The van der Waals surface area contributed by atoms with Crippen LogP contribution >= 0.6 is 15.9 Å². The third-order valence-corrected chi connectivity index (χ3v) is 4.65. The highest BCUT2D eigenvalue weighted by Crippen LogP contribution is 2.33. The summed E-state index contributed by atoms with van der Waals surface area (Å²) in [4.78, 5) is 23.6. The van der Waals surface area contributed by atoms with Crippen LogP contribution in [0.5, 0.6) is 5.75 Å². The Balaban J connectivity index is 2.20. The lowest BCUT2D eigenvalue weighted by atomic mass is 10.1. The van der Waals surface area contributed by atoms with Crippen molar-refractivity contribution in [3.63, 3.8) is 0 Å². The summed E-state index contributed by atoms with van der Waals surface area (Å²) in [7, 11) is 0. The SMILES string of the molecule is CCOC(=O)c1c(C)n(-c2ccc(Br)cc2)c2ccc(OCC(N)=O)cc12. The number of primary amides is 1. The quantitative estimate of drug-likeness (QED) is 0.603. The summed E-state index contributed by atoms with van der Waals surface area (Å²) in [6.07, 6.45) is 0. The molecule has 0 atom stereocenters. The Morgan fingerprint density at radius 3 is 2.48 bits per heavy atom. The molecule has 0 aliphatic rings. The predicted octanol–water partition coefficient (Wildman–Crippen LogP) is 3.74. The molecule has 0 spiro atoms. The average Bonchev–Trinajstić information content (AvgIpc) is 2.92. The smallest absolute Gasteiger partial charge is 0.340 e. The lowest BCUT2D eigenvalue weighted by molar-refractivity contribution is -0.119. The molecule has 7 heteroatoms. The first-order valence-corrected chi connectivity index (χ1v) is 9.21. The van der Waals surface area contributed by atoms with E-state index >= 15 is 0 Å². The number of carbonyl (C=O) groups excluding carboxylic acids is 2. The molecule has 1 heterocycles. The van der Waals surface area contributed by atoms with Gasteiger partial charge < -0.3 is 19.8 Å². The Kier molecular flexibility index (Phi) is 5.51. The Bertz CT molecular complexity index is 1010. The summed E-state index contributed by atoms with van der Waals surface area (Å²) < 4.78 is 13.6. The minimum Gasteiger partial charge on any atom is -0.484 e. The van der Waals surface area contributed by atoms with Gasteiger partial charge >= 0.3 is 5.97 Å². The van der Waals surface area contributed by atoms with E-state index in [1.54, 1.807) is 19.1 Å². The average molecular weight is 431 g/mol. The Morgan fingerprint density at radius 1 is 1.15 bits per heavy atom. The number of rotatable bonds is 6. The molecule has 0 aliphatic heterocycles. The summed E-state index contributed by atoms with van der Waals surface area (Å²) in [6.45, 7) is 3.69. The summed E-state index contributed by atoms with van der Waals surface area (Å²) in [5, 5.41) is 0.691. The molecule has 2 aromatic carbocycles. The molecule has 3 rings (SSSR count). The van der Waals surface area contributed by atoms with Crippen LogP contribution in [0.15, 0.2) is 46.9 Å². The van der Waals surface area contributed by atoms with E-state index in [4.69, 9.17) is 15.2 Å². The van der Waals surface area contributed by atoms with Gasteiger partial charge in [-0.1, -0.05) is 15.9 Å². The predicted molar refractivity (Wildman–Crippen MR) is 106 cm³/mol. The molecule has 0 radical (unpaired) electrons. The molecule has 0 saturated heterocycles. The standard InChI is InChI=1S/C20H19BrN2O4/c1-3-26-20(25)19-12(2)23(14-6-4-13(21)5-7-14)17-9-8-15(10-16(17)19)27-11-18(22)24/h4-10H,3,11H2,1-2H3,(H2,22,24). The molecular weight excluding hydrogens is 412 g/mol. The minimum atomic E-state index is -0.565. The number of hydrogen-bond acceptors (Lipinski definition) is 4. The number of aromatic nitrogens is 1. The molecule has 3 aromatic rings. The topological polar surface area (TPSA) is 83.6 Å². The van der Waals surface area contributed by atoms with Crippen molar-refractivity contribution in [2.45, 2.75) is 13.8 Å². The molecule has 6 nitrogen and oxygen atoms in total. The lowest BCUT2D eigenvalue weighted by Crippen LogP contribution is -2.19. The second-order valence-electron chi connectivity index (χ2n) is 5.93. The molecule has 2 N–H and O–H groups in total. The number of benzene rings is 2. The summed E-state index contributed by atoms with van der Waals surface area (Å²) in [6, 6.07) is 13.1. The van der Waals surface area contributed by atoms with Crippen LogP contribution in [0.3, 0.4) is 0 Å². The molecular formula is C20H19BrN2O4. The maximum Gasteiger partial charge on any atom is 0.340 e. The Labute approximate surface area is 165 Å². The highest BCUT2D eigenvalue weighted by Gasteiger charge is 2.22. The number of hydrogen-bond donors (Lipinski definition) is 1. The number of ether oxygens (including phenoxy) is 2. The van der Waals surface area contributed by atoms with Crippen molar-refractivity contribution >= 4 is 38.7 Å². The van der Waals surface area contributed by atoms with Gasteiger partial charge in [0.2, 0.25) is 0 Å². The van der Waals surface area contributed by atoms with E-state index in [1.807, 2.05) is 41.8 Å². The monoisotopic (exact) mass is 430 g/mol. The first kappa shape index (κ1) is 19.0. The minimum absolute atomic E-state index is 0.230. The molecule has 0 fully saturated rings. The maximum absolute atomic E-state index is 12.6. The van der Waals surface area contributed by atoms with Crippen LogP contribution in [0, 0.1) is 6.92 Å². The fraction of sp³-hybridized carbons (Fsp3) is 0.200. The first-order chi connectivity index (χ1) is 12.9. The number of nitrogens with zero attached hydrogens (tertiary/aromatic N) is 1. The van der Waals surface area contributed by atoms with E-state index < -0.39 is 11.9 Å². The van der Waals surface area contributed by atoms with Crippen LogP contribution < -0.4 is 10.5 Å². The number of fused-ring (bicyclic) bond motifs is 1. The zero-order valence-electron chi connectivity index (χ0n) is 15.0. The normalized spacial score (nSPS) is 10.8. The van der Waals surface area contributed by atoms with Crippen LogP contribution in [-0.2, 0) is 9.53 Å². The summed E-state index contributed by atoms with van der Waals surface area (Å²) >= 11 is 3.44. The highest BCUT2D eigenvalue weighted by atomic mass is 79.9. The van der Waals surface area contributed by atoms with Crippen LogP contribution in [0.25, 0.3) is 16.6 Å². The number of halogens is 1. The Hall–Kier alpha value is -2.80. The second kappa shape index (κ2) is 7.84. The van der Waals surface area contributed by atoms with E-state index in [0.29, 0.717) is 16.7 Å². The fourth-order valence-corrected chi connectivity index (χ4v) is 3.29. The van der Waals surface area contributed by atoms with Gasteiger partial charge in [0, 0.05) is 21.2 Å². The van der Waals surface area contributed by atoms with Crippen molar-refractivity contribution in [1.82, 2.24) is 4.57 Å². The van der Waals surface area contributed by atoms with Crippen LogP contribution in [0.2, 0.25) is 0 Å². The summed E-state index contributed by atoms with van der Waals surface area (Å²) in [5.41, 5.74) is 8.13. The van der Waals surface area contributed by atoms with Crippen molar-refractivity contribution in [2.75, 3.05) is 13.2 Å². The molecule has 1 aromatic heterocycles. The van der Waals surface area contributed by atoms with Crippen molar-refractivity contribution in [2.24, 2.45) is 5.73 Å². The molecule has 27 heavy (non-hydrogen) atoms. The van der Waals surface area contributed by atoms with Gasteiger partial charge in [-0.15, -0.1) is 0 Å². The van der Waals surface area contributed by atoms with Crippen LogP contribution in [0.4, 0.5) is 0 Å². The zero-order chi connectivity index (χ0) is 19.6. The van der Waals surface area contributed by atoms with Crippen molar-refractivity contribution < 1.29 is 19.1 Å². The van der Waals surface area contributed by atoms with E-state index in [-0.39, 0.29) is 13.2 Å². The molecule has 140 valence electrons. The third kappa shape index (κ3) is 3.83. The van der Waals surface area contributed by atoms with Gasteiger partial charge in [0.05, 0.1) is 17.7 Å². The van der Waals surface area contributed by atoms with E-state index in [2.05, 4.69) is 15.9 Å². The highest BCUT2D eigenvalue weighted by molar-refractivity contribution is 9.10. The van der Waals surface area contributed by atoms with Gasteiger partial charge in [-0.05, 0) is 56.3 Å². The van der Waals surface area contributed by atoms with Gasteiger partial charge in [0.15, 0.2) is 6.61 Å². The molecule has 1 amide bonds. The van der Waals surface area contributed by atoms with Gasteiger partial charge in [-0.3, -0.25) is 4.79 Å². The van der Waals surface area contributed by atoms with Gasteiger partial charge in [0.25, 0.3) is 5.91 Å². The van der Waals surface area contributed by atoms with Gasteiger partial charge in [-0.2, -0.15) is 0 Å². The first-order valence-electron chi connectivity index (χ1n) is 8.41. The zero-order valence-corrected chi connectivity index (χ0v) is 16.6. The van der Waals surface area contributed by atoms with Crippen molar-refractivity contribution in [3.8, 4) is 11.4 Å². The third-order valence-electron chi connectivity index (χ3n) is 4.12.